The first-order valence-corrected chi connectivity index (χ1v) is 6.28. The van der Waals surface area contributed by atoms with Crippen molar-refractivity contribution in [2.24, 2.45) is 5.10 Å². The number of nitrogens with zero attached hydrogens (tertiary/aromatic N) is 2. The van der Waals surface area contributed by atoms with Gasteiger partial charge in [-0.25, -0.2) is 5.43 Å². The Balaban J connectivity index is 2.11. The van der Waals surface area contributed by atoms with Crippen LogP contribution in [0.2, 0.25) is 5.02 Å². The number of hydrogen-bond donors (Lipinski definition) is 1. The number of hydrogen-bond acceptors (Lipinski definition) is 4. The average molecular weight is 304 g/mol. The van der Waals surface area contributed by atoms with E-state index in [1.54, 1.807) is 30.3 Å². The van der Waals surface area contributed by atoms with Crippen molar-refractivity contribution in [2.45, 2.75) is 0 Å². The number of nitro groups is 1. The minimum absolute atomic E-state index is 0.0502. The van der Waals surface area contributed by atoms with Crippen LogP contribution in [0.5, 0.6) is 0 Å². The summed E-state index contributed by atoms with van der Waals surface area (Å²) in [5.41, 5.74) is 2.62. The summed E-state index contributed by atoms with van der Waals surface area (Å²) in [6, 6.07) is 12.5. The summed E-state index contributed by atoms with van der Waals surface area (Å²) in [6.45, 7) is 0. The fourth-order valence-electron chi connectivity index (χ4n) is 1.64. The molecule has 0 aliphatic carbocycles. The number of halogens is 1. The lowest BCUT2D eigenvalue weighted by molar-refractivity contribution is -0.385. The van der Waals surface area contributed by atoms with Gasteiger partial charge < -0.3 is 0 Å². The van der Waals surface area contributed by atoms with Gasteiger partial charge in [0.25, 0.3) is 11.6 Å². The van der Waals surface area contributed by atoms with Gasteiger partial charge in [0, 0.05) is 11.1 Å². The predicted octanol–water partition coefficient (Wildman–Crippen LogP) is 3.01. The lowest BCUT2D eigenvalue weighted by Crippen LogP contribution is -2.18. The number of carbonyl (C=O) groups excluding carboxylic acids is 1. The molecule has 6 nitrogen and oxygen atoms in total. The lowest BCUT2D eigenvalue weighted by atomic mass is 10.2. The van der Waals surface area contributed by atoms with Gasteiger partial charge in [-0.3, -0.25) is 14.9 Å². The monoisotopic (exact) mass is 303 g/mol. The molecule has 2 rings (SSSR count). The van der Waals surface area contributed by atoms with Crippen molar-refractivity contribution in [3.63, 3.8) is 0 Å². The molecule has 0 heterocycles. The molecule has 2 aromatic carbocycles. The minimum atomic E-state index is -0.652. The van der Waals surface area contributed by atoms with Crippen LogP contribution >= 0.6 is 11.6 Å². The van der Waals surface area contributed by atoms with Crippen LogP contribution < -0.4 is 5.43 Å². The molecule has 21 heavy (non-hydrogen) atoms. The van der Waals surface area contributed by atoms with Gasteiger partial charge in [-0.1, -0.05) is 35.9 Å². The van der Waals surface area contributed by atoms with E-state index in [1.807, 2.05) is 0 Å². The van der Waals surface area contributed by atoms with E-state index in [4.69, 9.17) is 11.6 Å². The van der Waals surface area contributed by atoms with Crippen LogP contribution in [0.4, 0.5) is 5.69 Å². The van der Waals surface area contributed by atoms with E-state index in [2.05, 4.69) is 10.5 Å². The maximum atomic E-state index is 11.9. The molecule has 0 atom stereocenters. The molecule has 0 spiro atoms. The van der Waals surface area contributed by atoms with Gasteiger partial charge in [0.2, 0.25) is 0 Å². The normalized spacial score (nSPS) is 10.5. The first-order valence-electron chi connectivity index (χ1n) is 5.90. The summed E-state index contributed by atoms with van der Waals surface area (Å²) >= 11 is 5.81. The van der Waals surface area contributed by atoms with Gasteiger partial charge in [-0.15, -0.1) is 0 Å². The highest BCUT2D eigenvalue weighted by Gasteiger charge is 2.18. The standard InChI is InChI=1S/C14H10ClN3O3/c15-11-5-3-4-10(8-11)9-16-17-14(19)12-6-1-2-7-13(12)18(20)21/h1-9H,(H,17,19)/b16-9+. The second kappa shape index (κ2) is 6.62. The number of para-hydroxylation sites is 1. The maximum absolute atomic E-state index is 11.9. The Morgan fingerprint density at radius 1 is 1.24 bits per heavy atom. The fraction of sp³-hybridized carbons (Fsp3) is 0. The third-order valence-electron chi connectivity index (χ3n) is 2.57. The van der Waals surface area contributed by atoms with Crippen molar-refractivity contribution in [3.05, 3.63) is 74.8 Å². The van der Waals surface area contributed by atoms with Crippen LogP contribution in [0, 0.1) is 10.1 Å². The van der Waals surface area contributed by atoms with E-state index in [-0.39, 0.29) is 11.3 Å². The molecule has 1 N–H and O–H groups in total. The number of hydrazone groups is 1. The Labute approximate surface area is 125 Å². The van der Waals surface area contributed by atoms with E-state index in [1.165, 1.54) is 24.4 Å². The molecule has 0 fully saturated rings. The van der Waals surface area contributed by atoms with Crippen molar-refractivity contribution >= 4 is 29.4 Å². The summed E-state index contributed by atoms with van der Waals surface area (Å²) in [5, 5.41) is 15.1. The van der Waals surface area contributed by atoms with Crippen LogP contribution in [0.3, 0.4) is 0 Å². The van der Waals surface area contributed by atoms with E-state index >= 15 is 0 Å². The summed E-state index contributed by atoms with van der Waals surface area (Å²) in [4.78, 5) is 22.1. The number of benzene rings is 2. The zero-order valence-electron chi connectivity index (χ0n) is 10.7. The van der Waals surface area contributed by atoms with Gasteiger partial charge in [0.15, 0.2) is 0 Å². The topological polar surface area (TPSA) is 84.6 Å². The predicted molar refractivity (Wildman–Crippen MR) is 79.6 cm³/mol. The highest BCUT2D eigenvalue weighted by Crippen LogP contribution is 2.17. The van der Waals surface area contributed by atoms with Crippen LogP contribution in [0.15, 0.2) is 53.6 Å². The Morgan fingerprint density at radius 3 is 2.71 bits per heavy atom. The molecule has 106 valence electrons. The zero-order valence-corrected chi connectivity index (χ0v) is 11.4. The van der Waals surface area contributed by atoms with E-state index in [0.717, 1.165) is 0 Å². The van der Waals surface area contributed by atoms with Gasteiger partial charge in [0.05, 0.1) is 11.1 Å². The number of rotatable bonds is 4. The molecule has 0 saturated carbocycles. The van der Waals surface area contributed by atoms with Crippen molar-refractivity contribution in [1.29, 1.82) is 0 Å². The van der Waals surface area contributed by atoms with Crippen LogP contribution in [-0.2, 0) is 0 Å². The fourth-order valence-corrected chi connectivity index (χ4v) is 1.84. The molecule has 0 bridgehead atoms. The van der Waals surface area contributed by atoms with Gasteiger partial charge >= 0.3 is 0 Å². The molecular formula is C14H10ClN3O3. The smallest absolute Gasteiger partial charge is 0.267 e. The van der Waals surface area contributed by atoms with E-state index in [0.29, 0.717) is 10.6 Å². The Bertz CT molecular complexity index is 716. The van der Waals surface area contributed by atoms with Crippen molar-refractivity contribution in [2.75, 3.05) is 0 Å². The maximum Gasteiger partial charge on any atom is 0.282 e. The largest absolute Gasteiger partial charge is 0.282 e. The molecule has 0 aliphatic heterocycles. The molecule has 0 radical (unpaired) electrons. The highest BCUT2D eigenvalue weighted by atomic mass is 35.5. The Kier molecular flexibility index (Phi) is 4.63. The molecular weight excluding hydrogens is 294 g/mol. The lowest BCUT2D eigenvalue weighted by Gasteiger charge is -2.01. The van der Waals surface area contributed by atoms with E-state index < -0.39 is 10.8 Å². The van der Waals surface area contributed by atoms with Gasteiger partial charge in [-0.05, 0) is 23.8 Å². The van der Waals surface area contributed by atoms with Gasteiger partial charge in [-0.2, -0.15) is 5.10 Å². The van der Waals surface area contributed by atoms with Crippen molar-refractivity contribution in [3.8, 4) is 0 Å². The van der Waals surface area contributed by atoms with E-state index in [9.17, 15) is 14.9 Å². The van der Waals surface area contributed by atoms with Crippen LogP contribution in [0.1, 0.15) is 15.9 Å². The quantitative estimate of drug-likeness (QED) is 0.535. The number of nitro benzene ring substituents is 1. The number of nitrogens with one attached hydrogen (secondary N) is 1. The molecule has 0 aliphatic rings. The first kappa shape index (κ1) is 14.7. The Morgan fingerprint density at radius 2 is 2.00 bits per heavy atom. The molecule has 1 amide bonds. The Hall–Kier alpha value is -2.73. The average Bonchev–Trinajstić information content (AvgIpc) is 2.47. The second-order valence-electron chi connectivity index (χ2n) is 4.03. The molecule has 0 aromatic heterocycles. The zero-order chi connectivity index (χ0) is 15.2. The van der Waals surface area contributed by atoms with Crippen LogP contribution in [-0.4, -0.2) is 17.0 Å². The minimum Gasteiger partial charge on any atom is -0.267 e. The number of amides is 1. The molecule has 2 aromatic rings. The number of carbonyl (C=O) groups is 1. The second-order valence-corrected chi connectivity index (χ2v) is 4.46. The molecule has 7 heteroatoms. The molecule has 0 saturated heterocycles. The van der Waals surface area contributed by atoms with Crippen molar-refractivity contribution < 1.29 is 9.72 Å². The van der Waals surface area contributed by atoms with Crippen molar-refractivity contribution in [1.82, 2.24) is 5.43 Å². The van der Waals surface area contributed by atoms with Gasteiger partial charge in [0.1, 0.15) is 5.56 Å². The third-order valence-corrected chi connectivity index (χ3v) is 2.81. The summed E-state index contributed by atoms with van der Waals surface area (Å²) < 4.78 is 0. The third kappa shape index (κ3) is 3.87. The summed E-state index contributed by atoms with van der Waals surface area (Å²) in [5.74, 6) is -0.652. The summed E-state index contributed by atoms with van der Waals surface area (Å²) in [6.07, 6.45) is 1.40. The first-order chi connectivity index (χ1) is 10.1. The molecule has 0 unspecified atom stereocenters. The SMILES string of the molecule is O=C(N/N=C/c1cccc(Cl)c1)c1ccccc1[N+](=O)[O-]. The van der Waals surface area contributed by atoms with Crippen LogP contribution in [0.25, 0.3) is 0 Å². The highest BCUT2D eigenvalue weighted by molar-refractivity contribution is 6.30. The summed E-state index contributed by atoms with van der Waals surface area (Å²) in [7, 11) is 0.